The number of alkyl carbamates (subject to hydrolysis) is 1. The molecule has 21 heavy (non-hydrogen) atoms. The summed E-state index contributed by atoms with van der Waals surface area (Å²) < 4.78 is 10.1. The first-order valence-corrected chi connectivity index (χ1v) is 6.37. The molecule has 1 atom stereocenters. The molecule has 0 fully saturated rings. The summed E-state index contributed by atoms with van der Waals surface area (Å²) in [5, 5.41) is 11.4. The van der Waals surface area contributed by atoms with Crippen molar-refractivity contribution in [1.82, 2.24) is 5.32 Å². The molecule has 0 saturated carbocycles. The van der Waals surface area contributed by atoms with Gasteiger partial charge >= 0.3 is 12.1 Å². The van der Waals surface area contributed by atoms with Crippen LogP contribution >= 0.6 is 0 Å². The second kappa shape index (κ2) is 7.14. The van der Waals surface area contributed by atoms with E-state index in [4.69, 9.17) is 14.3 Å². The molecule has 2 rings (SSSR count). The van der Waals surface area contributed by atoms with E-state index < -0.39 is 18.1 Å². The van der Waals surface area contributed by atoms with Crippen molar-refractivity contribution in [2.24, 2.45) is 0 Å². The van der Waals surface area contributed by atoms with Gasteiger partial charge in [0.05, 0.1) is 6.26 Å². The summed E-state index contributed by atoms with van der Waals surface area (Å²) in [6, 6.07) is 11.3. The lowest BCUT2D eigenvalue weighted by Gasteiger charge is -2.13. The van der Waals surface area contributed by atoms with E-state index in [-0.39, 0.29) is 13.0 Å². The maximum atomic E-state index is 11.6. The molecule has 0 aliphatic heterocycles. The van der Waals surface area contributed by atoms with Crippen LogP contribution in [0.5, 0.6) is 0 Å². The van der Waals surface area contributed by atoms with E-state index in [1.807, 2.05) is 30.3 Å². The summed E-state index contributed by atoms with van der Waals surface area (Å²) >= 11 is 0. The molecule has 1 amide bonds. The zero-order valence-corrected chi connectivity index (χ0v) is 11.2. The van der Waals surface area contributed by atoms with Crippen molar-refractivity contribution in [2.75, 3.05) is 0 Å². The van der Waals surface area contributed by atoms with Crippen molar-refractivity contribution in [1.29, 1.82) is 0 Å². The number of hydrogen-bond donors (Lipinski definition) is 2. The Morgan fingerprint density at radius 3 is 2.57 bits per heavy atom. The minimum Gasteiger partial charge on any atom is -0.480 e. The van der Waals surface area contributed by atoms with E-state index in [1.165, 1.54) is 6.26 Å². The first-order chi connectivity index (χ1) is 10.1. The molecule has 0 aliphatic rings. The largest absolute Gasteiger partial charge is 0.480 e. The number of carbonyl (C=O) groups is 2. The fourth-order valence-electron chi connectivity index (χ4n) is 1.74. The number of furan rings is 1. The molecule has 6 heteroatoms. The van der Waals surface area contributed by atoms with Gasteiger partial charge in [0.15, 0.2) is 0 Å². The Bertz CT molecular complexity index is 579. The summed E-state index contributed by atoms with van der Waals surface area (Å²) in [7, 11) is 0. The number of nitrogens with one attached hydrogen (secondary N) is 1. The first kappa shape index (κ1) is 14.6. The van der Waals surface area contributed by atoms with Gasteiger partial charge in [0.25, 0.3) is 0 Å². The summed E-state index contributed by atoms with van der Waals surface area (Å²) in [5.41, 5.74) is 0.825. The van der Waals surface area contributed by atoms with Gasteiger partial charge < -0.3 is 19.6 Å². The molecule has 2 aromatic rings. The molecule has 0 spiro atoms. The number of aliphatic carboxylic acids is 1. The van der Waals surface area contributed by atoms with E-state index >= 15 is 0 Å². The minimum atomic E-state index is -1.15. The fourth-order valence-corrected chi connectivity index (χ4v) is 1.74. The lowest BCUT2D eigenvalue weighted by molar-refractivity contribution is -0.139. The maximum absolute atomic E-state index is 11.6. The number of amides is 1. The van der Waals surface area contributed by atoms with E-state index in [2.05, 4.69) is 5.32 Å². The highest BCUT2D eigenvalue weighted by molar-refractivity contribution is 5.80. The Labute approximate surface area is 121 Å². The molecule has 0 aliphatic carbocycles. The molecule has 1 heterocycles. The molecule has 1 aromatic heterocycles. The Morgan fingerprint density at radius 2 is 1.95 bits per heavy atom. The zero-order chi connectivity index (χ0) is 15.1. The highest BCUT2D eigenvalue weighted by Crippen LogP contribution is 2.05. The highest BCUT2D eigenvalue weighted by atomic mass is 16.5. The van der Waals surface area contributed by atoms with Gasteiger partial charge in [-0.2, -0.15) is 0 Å². The number of carbonyl (C=O) groups excluding carboxylic acids is 1. The molecule has 6 nitrogen and oxygen atoms in total. The first-order valence-electron chi connectivity index (χ1n) is 6.37. The smallest absolute Gasteiger partial charge is 0.408 e. The van der Waals surface area contributed by atoms with Crippen LogP contribution in [0, 0.1) is 0 Å². The van der Waals surface area contributed by atoms with Crippen LogP contribution in [-0.2, 0) is 22.6 Å². The van der Waals surface area contributed by atoms with Crippen molar-refractivity contribution < 1.29 is 23.8 Å². The molecule has 2 N–H and O–H groups in total. The number of rotatable bonds is 6. The Kier molecular flexibility index (Phi) is 4.98. The van der Waals surface area contributed by atoms with Crippen LogP contribution in [0.3, 0.4) is 0 Å². The maximum Gasteiger partial charge on any atom is 0.408 e. The van der Waals surface area contributed by atoms with Gasteiger partial charge in [-0.3, -0.25) is 0 Å². The van der Waals surface area contributed by atoms with Crippen molar-refractivity contribution in [3.63, 3.8) is 0 Å². The second-order valence-corrected chi connectivity index (χ2v) is 4.38. The molecule has 0 radical (unpaired) electrons. The van der Waals surface area contributed by atoms with Gasteiger partial charge in [0.1, 0.15) is 18.4 Å². The lowest BCUT2D eigenvalue weighted by Crippen LogP contribution is -2.42. The van der Waals surface area contributed by atoms with Gasteiger partial charge in [-0.05, 0) is 17.7 Å². The van der Waals surface area contributed by atoms with Crippen molar-refractivity contribution >= 4 is 12.1 Å². The topological polar surface area (TPSA) is 88.8 Å². The summed E-state index contributed by atoms with van der Waals surface area (Å²) in [5.74, 6) is -0.672. The zero-order valence-electron chi connectivity index (χ0n) is 11.2. The van der Waals surface area contributed by atoms with E-state index in [1.54, 1.807) is 12.1 Å². The van der Waals surface area contributed by atoms with Gasteiger partial charge in [0, 0.05) is 6.42 Å². The van der Waals surface area contributed by atoms with Crippen molar-refractivity contribution in [3.05, 3.63) is 60.1 Å². The minimum absolute atomic E-state index is 0.0583. The van der Waals surface area contributed by atoms with Crippen LogP contribution in [0.1, 0.15) is 11.3 Å². The summed E-state index contributed by atoms with van der Waals surface area (Å²) in [6.45, 7) is 0.0831. The molecule has 0 saturated heterocycles. The quantitative estimate of drug-likeness (QED) is 0.851. The molecular formula is C15H15NO5. The van der Waals surface area contributed by atoms with Gasteiger partial charge in [-0.1, -0.05) is 30.3 Å². The third kappa shape index (κ3) is 4.68. The van der Waals surface area contributed by atoms with Gasteiger partial charge in [-0.15, -0.1) is 0 Å². The third-order valence-electron chi connectivity index (χ3n) is 2.79. The SMILES string of the molecule is O=C(N[C@@H](Cc1ccco1)C(=O)O)OCc1ccccc1. The van der Waals surface area contributed by atoms with E-state index in [0.29, 0.717) is 5.76 Å². The third-order valence-corrected chi connectivity index (χ3v) is 2.79. The van der Waals surface area contributed by atoms with Crippen molar-refractivity contribution in [3.8, 4) is 0 Å². The van der Waals surface area contributed by atoms with E-state index in [0.717, 1.165) is 5.56 Å². The van der Waals surface area contributed by atoms with Crippen LogP contribution in [0.15, 0.2) is 53.1 Å². The molecule has 110 valence electrons. The molecular weight excluding hydrogens is 274 g/mol. The number of ether oxygens (including phenoxy) is 1. The Hall–Kier alpha value is -2.76. The average molecular weight is 289 g/mol. The van der Waals surface area contributed by atoms with Crippen LogP contribution in [0.2, 0.25) is 0 Å². The molecule has 0 unspecified atom stereocenters. The van der Waals surface area contributed by atoms with Crippen LogP contribution in [0.25, 0.3) is 0 Å². The highest BCUT2D eigenvalue weighted by Gasteiger charge is 2.22. The Morgan fingerprint density at radius 1 is 1.19 bits per heavy atom. The number of carboxylic acids is 1. The fraction of sp³-hybridized carbons (Fsp3) is 0.200. The number of benzene rings is 1. The normalized spacial score (nSPS) is 11.6. The van der Waals surface area contributed by atoms with Crippen LogP contribution < -0.4 is 5.32 Å². The number of hydrogen-bond acceptors (Lipinski definition) is 4. The average Bonchev–Trinajstić information content (AvgIpc) is 2.98. The van der Waals surface area contributed by atoms with Crippen LogP contribution in [0.4, 0.5) is 4.79 Å². The summed E-state index contributed by atoms with van der Waals surface area (Å²) in [4.78, 5) is 22.8. The van der Waals surface area contributed by atoms with Gasteiger partial charge in [0.2, 0.25) is 0 Å². The van der Waals surface area contributed by atoms with Crippen molar-refractivity contribution in [2.45, 2.75) is 19.1 Å². The molecule has 1 aromatic carbocycles. The number of carboxylic acid groups (broad SMARTS) is 1. The Balaban J connectivity index is 1.85. The lowest BCUT2D eigenvalue weighted by atomic mass is 10.2. The van der Waals surface area contributed by atoms with Gasteiger partial charge in [-0.25, -0.2) is 9.59 Å². The monoisotopic (exact) mass is 289 g/mol. The standard InChI is InChI=1S/C15H15NO5/c17-14(18)13(9-12-7-4-8-20-12)16-15(19)21-10-11-5-2-1-3-6-11/h1-8,13H,9-10H2,(H,16,19)(H,17,18)/t13-/m0/s1. The summed E-state index contributed by atoms with van der Waals surface area (Å²) in [6.07, 6.45) is 0.725. The second-order valence-electron chi connectivity index (χ2n) is 4.38. The van der Waals surface area contributed by atoms with Crippen LogP contribution in [-0.4, -0.2) is 23.2 Å². The predicted octanol–water partition coefficient (Wildman–Crippen LogP) is 2.20. The van der Waals surface area contributed by atoms with E-state index in [9.17, 15) is 9.59 Å². The molecule has 0 bridgehead atoms. The predicted molar refractivity (Wildman–Crippen MR) is 73.6 cm³/mol.